The van der Waals surface area contributed by atoms with E-state index in [0.717, 1.165) is 19.0 Å². The van der Waals surface area contributed by atoms with Crippen LogP contribution in [0.15, 0.2) is 17.1 Å². The fourth-order valence-corrected chi connectivity index (χ4v) is 8.85. The lowest BCUT2D eigenvalue weighted by atomic mass is 10.0. The molecule has 0 radical (unpaired) electrons. The van der Waals surface area contributed by atoms with Crippen molar-refractivity contribution in [2.75, 3.05) is 12.3 Å². The van der Waals surface area contributed by atoms with E-state index in [1.54, 1.807) is 0 Å². The molecule has 0 aromatic carbocycles. The van der Waals surface area contributed by atoms with Gasteiger partial charge in [0.2, 0.25) is 6.23 Å². The lowest BCUT2D eigenvalue weighted by Gasteiger charge is -2.39. The van der Waals surface area contributed by atoms with Crippen molar-refractivity contribution < 1.29 is 23.1 Å². The number of hydrogen-bond acceptors (Lipinski definition) is 6. The van der Waals surface area contributed by atoms with Gasteiger partial charge < -0.3 is 20.0 Å². The van der Waals surface area contributed by atoms with Gasteiger partial charge >= 0.3 is 11.6 Å². The van der Waals surface area contributed by atoms with Crippen LogP contribution in [0.5, 0.6) is 0 Å². The molecule has 0 amide bonds. The molecular weight excluding hydrogens is 388 g/mol. The van der Waals surface area contributed by atoms with Crippen molar-refractivity contribution in [2.24, 2.45) is 11.8 Å². The molecule has 28 heavy (non-hydrogen) atoms. The van der Waals surface area contributed by atoms with Crippen LogP contribution in [-0.4, -0.2) is 47.7 Å². The average molecular weight is 416 g/mol. The second-order valence-corrected chi connectivity index (χ2v) is 13.0. The third-order valence-electron chi connectivity index (χ3n) is 6.70. The number of nitrogen functional groups attached to an aromatic ring is 1. The van der Waals surface area contributed by atoms with Crippen LogP contribution in [0.3, 0.4) is 0 Å². The van der Waals surface area contributed by atoms with Gasteiger partial charge in [-0.25, -0.2) is 4.79 Å². The summed E-state index contributed by atoms with van der Waals surface area (Å²) in [6.45, 7) is 3.34. The van der Waals surface area contributed by atoms with Crippen molar-refractivity contribution in [2.45, 2.75) is 68.7 Å². The molecule has 0 spiro atoms. The molecule has 2 saturated carbocycles. The van der Waals surface area contributed by atoms with Gasteiger partial charge in [-0.2, -0.15) is 13.8 Å². The molecule has 6 atom stereocenters. The zero-order chi connectivity index (χ0) is 20.3. The molecular formula is C18H27F2N3O4Si. The van der Waals surface area contributed by atoms with Gasteiger partial charge in [0.05, 0.1) is 6.61 Å². The first-order chi connectivity index (χ1) is 13.1. The predicted octanol–water partition coefficient (Wildman–Crippen LogP) is 2.13. The van der Waals surface area contributed by atoms with E-state index >= 15 is 8.78 Å². The van der Waals surface area contributed by atoms with Gasteiger partial charge in [0.15, 0.2) is 8.32 Å². The third-order valence-corrected chi connectivity index (χ3v) is 10.1. The number of nitrogens with two attached hydrogens (primary N) is 1. The van der Waals surface area contributed by atoms with Crippen LogP contribution in [0.25, 0.3) is 0 Å². The lowest BCUT2D eigenvalue weighted by molar-refractivity contribution is -0.138. The Morgan fingerprint density at radius 3 is 2.75 bits per heavy atom. The summed E-state index contributed by atoms with van der Waals surface area (Å²) in [7, 11) is -2.48. The van der Waals surface area contributed by atoms with E-state index < -0.39 is 45.0 Å². The minimum absolute atomic E-state index is 0.0566. The SMILES string of the molecule is C[Si](C)(OC1C(CO)OC(n2ccc(N)nc2=O)C1(F)F)C1CC2CCC1C2. The minimum atomic E-state index is -3.49. The summed E-state index contributed by atoms with van der Waals surface area (Å²) in [5.41, 5.74) is 4.86. The summed E-state index contributed by atoms with van der Waals surface area (Å²) in [4.78, 5) is 15.6. The normalized spacial score (nSPS) is 36.9. The lowest BCUT2D eigenvalue weighted by Crippen LogP contribution is -2.51. The average Bonchev–Trinajstić information content (AvgIpc) is 3.30. The Kier molecular flexibility index (Phi) is 4.88. The molecule has 4 rings (SSSR count). The van der Waals surface area contributed by atoms with Gasteiger partial charge in [0, 0.05) is 6.20 Å². The van der Waals surface area contributed by atoms with E-state index in [2.05, 4.69) is 4.98 Å². The smallest absolute Gasteiger partial charge is 0.351 e. The summed E-state index contributed by atoms with van der Waals surface area (Å²) >= 11 is 0. The van der Waals surface area contributed by atoms with E-state index in [1.165, 1.54) is 18.9 Å². The molecule has 10 heteroatoms. The Morgan fingerprint density at radius 2 is 2.18 bits per heavy atom. The number of aliphatic hydroxyl groups excluding tert-OH is 1. The van der Waals surface area contributed by atoms with Crippen LogP contribution in [-0.2, 0) is 9.16 Å². The number of aromatic nitrogens is 2. The first-order valence-electron chi connectivity index (χ1n) is 9.80. The largest absolute Gasteiger partial charge is 0.405 e. The Bertz CT molecular complexity index is 805. The number of hydrogen-bond donors (Lipinski definition) is 2. The zero-order valence-electron chi connectivity index (χ0n) is 16.1. The van der Waals surface area contributed by atoms with Crippen molar-refractivity contribution in [3.05, 3.63) is 22.7 Å². The Balaban J connectivity index is 1.60. The number of anilines is 1. The molecule has 3 aliphatic rings. The van der Waals surface area contributed by atoms with Crippen molar-refractivity contribution in [1.29, 1.82) is 0 Å². The maximum absolute atomic E-state index is 15.3. The fraction of sp³-hybridized carbons (Fsp3) is 0.778. The molecule has 3 N–H and O–H groups in total. The van der Waals surface area contributed by atoms with Crippen LogP contribution < -0.4 is 11.4 Å². The van der Waals surface area contributed by atoms with Crippen LogP contribution in [0.2, 0.25) is 18.6 Å². The maximum atomic E-state index is 15.3. The standard InChI is InChI=1S/C18H27F2N3O4Si/c1-28(2,13-8-10-3-4-11(13)7-10)27-15-12(9-24)26-16(18(15,19)20)23-6-5-14(21)22-17(23)25/h5-6,10-13,15-16,24H,3-4,7-9H2,1-2H3,(H2,21,22,25). The molecule has 156 valence electrons. The van der Waals surface area contributed by atoms with Crippen LogP contribution >= 0.6 is 0 Å². The second-order valence-electron chi connectivity index (χ2n) is 8.85. The van der Waals surface area contributed by atoms with Gasteiger partial charge in [-0.3, -0.25) is 4.57 Å². The molecule has 7 nitrogen and oxygen atoms in total. The second kappa shape index (κ2) is 6.86. The summed E-state index contributed by atoms with van der Waals surface area (Å²) < 4.78 is 42.9. The molecule has 1 aromatic rings. The van der Waals surface area contributed by atoms with E-state index in [-0.39, 0.29) is 5.82 Å². The van der Waals surface area contributed by atoms with Crippen LogP contribution in [0, 0.1) is 11.8 Å². The van der Waals surface area contributed by atoms with Gasteiger partial charge in [-0.15, -0.1) is 0 Å². The summed E-state index contributed by atoms with van der Waals surface area (Å²) in [6, 6.07) is 1.26. The number of rotatable bonds is 5. The highest BCUT2D eigenvalue weighted by Crippen LogP contribution is 2.56. The molecule has 1 saturated heterocycles. The highest BCUT2D eigenvalue weighted by molar-refractivity contribution is 6.72. The fourth-order valence-electron chi connectivity index (χ4n) is 5.38. The van der Waals surface area contributed by atoms with Crippen LogP contribution in [0.1, 0.15) is 31.9 Å². The van der Waals surface area contributed by atoms with Gasteiger partial charge in [-0.1, -0.05) is 12.8 Å². The van der Waals surface area contributed by atoms with Crippen molar-refractivity contribution >= 4 is 14.1 Å². The summed E-state index contributed by atoms with van der Waals surface area (Å²) in [5, 5.41) is 9.67. The number of nitrogens with zero attached hydrogens (tertiary/aromatic N) is 2. The van der Waals surface area contributed by atoms with E-state index in [4.69, 9.17) is 14.9 Å². The van der Waals surface area contributed by atoms with E-state index in [0.29, 0.717) is 21.9 Å². The monoisotopic (exact) mass is 415 g/mol. The number of fused-ring (bicyclic) bond motifs is 2. The molecule has 2 heterocycles. The highest BCUT2D eigenvalue weighted by Gasteiger charge is 2.63. The highest BCUT2D eigenvalue weighted by atomic mass is 28.4. The summed E-state index contributed by atoms with van der Waals surface area (Å²) in [6.07, 6.45) is 1.01. The van der Waals surface area contributed by atoms with Crippen LogP contribution in [0.4, 0.5) is 14.6 Å². The maximum Gasteiger partial charge on any atom is 0.351 e. The topological polar surface area (TPSA) is 99.6 Å². The number of alkyl halides is 2. The molecule has 3 fully saturated rings. The predicted molar refractivity (Wildman–Crippen MR) is 100 cm³/mol. The van der Waals surface area contributed by atoms with E-state index in [9.17, 15) is 9.90 Å². The van der Waals surface area contributed by atoms with Crippen molar-refractivity contribution in [1.82, 2.24) is 9.55 Å². The number of halogens is 2. The Morgan fingerprint density at radius 1 is 1.43 bits per heavy atom. The van der Waals surface area contributed by atoms with Gasteiger partial charge in [0.1, 0.15) is 18.0 Å². The quantitative estimate of drug-likeness (QED) is 0.715. The first-order valence-corrected chi connectivity index (χ1v) is 12.8. The molecule has 1 aliphatic heterocycles. The number of ether oxygens (including phenoxy) is 1. The molecule has 6 unspecified atom stereocenters. The molecule has 1 aromatic heterocycles. The molecule has 2 aliphatic carbocycles. The Labute approximate surface area is 163 Å². The molecule has 2 bridgehead atoms. The Hall–Kier alpha value is -1.36. The van der Waals surface area contributed by atoms with Crippen molar-refractivity contribution in [3.8, 4) is 0 Å². The van der Waals surface area contributed by atoms with E-state index in [1.807, 2.05) is 13.1 Å². The van der Waals surface area contributed by atoms with Gasteiger partial charge in [0.25, 0.3) is 0 Å². The minimum Gasteiger partial charge on any atom is -0.405 e. The van der Waals surface area contributed by atoms with Crippen molar-refractivity contribution in [3.63, 3.8) is 0 Å². The third kappa shape index (κ3) is 3.19. The first kappa shape index (κ1) is 19.9. The zero-order valence-corrected chi connectivity index (χ0v) is 17.1. The number of aliphatic hydroxyl groups is 1. The van der Waals surface area contributed by atoms with Gasteiger partial charge in [-0.05, 0) is 49.4 Å². The summed E-state index contributed by atoms with van der Waals surface area (Å²) in [5.74, 6) is -2.31.